The van der Waals surface area contributed by atoms with Gasteiger partial charge in [-0.25, -0.2) is 4.79 Å². The Hall–Kier alpha value is -2.56. The Labute approximate surface area is 135 Å². The van der Waals surface area contributed by atoms with Crippen LogP contribution >= 0.6 is 0 Å². The van der Waals surface area contributed by atoms with E-state index in [0.717, 1.165) is 10.8 Å². The second-order valence-electron chi connectivity index (χ2n) is 5.66. The SMILES string of the molecule is CC(C)CNC(=O)COC(=O)COc1ccc2ccccc2c1. The Balaban J connectivity index is 1.76. The molecule has 0 aliphatic heterocycles. The van der Waals surface area contributed by atoms with Gasteiger partial charge in [0.05, 0.1) is 0 Å². The van der Waals surface area contributed by atoms with Gasteiger partial charge in [-0.3, -0.25) is 4.79 Å². The van der Waals surface area contributed by atoms with E-state index < -0.39 is 5.97 Å². The fourth-order valence-electron chi connectivity index (χ4n) is 1.96. The lowest BCUT2D eigenvalue weighted by molar-refractivity contribution is -0.150. The van der Waals surface area contributed by atoms with Crippen LogP contribution in [0.3, 0.4) is 0 Å². The predicted molar refractivity (Wildman–Crippen MR) is 88.2 cm³/mol. The zero-order chi connectivity index (χ0) is 16.7. The number of hydrogen-bond acceptors (Lipinski definition) is 4. The van der Waals surface area contributed by atoms with E-state index in [9.17, 15) is 9.59 Å². The molecular formula is C18H21NO4. The molecule has 0 saturated carbocycles. The summed E-state index contributed by atoms with van der Waals surface area (Å²) in [4.78, 5) is 23.0. The molecule has 122 valence electrons. The van der Waals surface area contributed by atoms with Gasteiger partial charge < -0.3 is 14.8 Å². The second-order valence-corrected chi connectivity index (χ2v) is 5.66. The molecule has 0 unspecified atom stereocenters. The van der Waals surface area contributed by atoms with E-state index in [1.165, 1.54) is 0 Å². The molecule has 0 fully saturated rings. The first kappa shape index (κ1) is 16.8. The number of fused-ring (bicyclic) bond motifs is 1. The van der Waals surface area contributed by atoms with Crippen LogP contribution in [0.5, 0.6) is 5.75 Å². The molecule has 2 aromatic carbocycles. The summed E-state index contributed by atoms with van der Waals surface area (Å²) >= 11 is 0. The summed E-state index contributed by atoms with van der Waals surface area (Å²) in [5.74, 6) is 0.0615. The van der Waals surface area contributed by atoms with Gasteiger partial charge in [-0.1, -0.05) is 44.2 Å². The van der Waals surface area contributed by atoms with Crippen molar-refractivity contribution in [2.75, 3.05) is 19.8 Å². The maximum atomic E-state index is 11.6. The van der Waals surface area contributed by atoms with Gasteiger partial charge in [-0.15, -0.1) is 0 Å². The van der Waals surface area contributed by atoms with Crippen molar-refractivity contribution in [3.63, 3.8) is 0 Å². The van der Waals surface area contributed by atoms with Crippen molar-refractivity contribution in [2.45, 2.75) is 13.8 Å². The summed E-state index contributed by atoms with van der Waals surface area (Å²) in [5, 5.41) is 4.81. The molecule has 2 aromatic rings. The van der Waals surface area contributed by atoms with Crippen LogP contribution in [0.1, 0.15) is 13.8 Å². The summed E-state index contributed by atoms with van der Waals surface area (Å²) < 4.78 is 10.3. The summed E-state index contributed by atoms with van der Waals surface area (Å²) in [7, 11) is 0. The quantitative estimate of drug-likeness (QED) is 0.798. The number of nitrogens with one attached hydrogen (secondary N) is 1. The Kier molecular flexibility index (Phi) is 5.97. The average molecular weight is 315 g/mol. The number of benzene rings is 2. The maximum absolute atomic E-state index is 11.6. The number of carbonyl (C=O) groups excluding carboxylic acids is 2. The molecule has 5 heteroatoms. The van der Waals surface area contributed by atoms with Gasteiger partial charge in [-0.05, 0) is 28.8 Å². The minimum atomic E-state index is -0.571. The van der Waals surface area contributed by atoms with Crippen LogP contribution < -0.4 is 10.1 Å². The van der Waals surface area contributed by atoms with Gasteiger partial charge in [0.15, 0.2) is 13.2 Å². The fourth-order valence-corrected chi connectivity index (χ4v) is 1.96. The Morgan fingerprint density at radius 2 is 1.78 bits per heavy atom. The highest BCUT2D eigenvalue weighted by Crippen LogP contribution is 2.20. The topological polar surface area (TPSA) is 64.6 Å². The van der Waals surface area contributed by atoms with Crippen LogP contribution in [-0.4, -0.2) is 31.6 Å². The molecule has 0 aromatic heterocycles. The number of carbonyl (C=O) groups is 2. The lowest BCUT2D eigenvalue weighted by atomic mass is 10.1. The number of hydrogen-bond donors (Lipinski definition) is 1. The van der Waals surface area contributed by atoms with Gasteiger partial charge in [0.2, 0.25) is 0 Å². The summed E-state index contributed by atoms with van der Waals surface area (Å²) in [6, 6.07) is 13.5. The molecule has 1 amide bonds. The third-order valence-electron chi connectivity index (χ3n) is 3.15. The molecule has 2 rings (SSSR count). The zero-order valence-electron chi connectivity index (χ0n) is 13.4. The number of amides is 1. The van der Waals surface area contributed by atoms with Crippen LogP contribution in [-0.2, 0) is 14.3 Å². The monoisotopic (exact) mass is 315 g/mol. The molecule has 0 aliphatic rings. The van der Waals surface area contributed by atoms with E-state index in [4.69, 9.17) is 9.47 Å². The van der Waals surface area contributed by atoms with E-state index in [0.29, 0.717) is 18.2 Å². The summed E-state index contributed by atoms with van der Waals surface area (Å²) in [6.45, 7) is 4.03. The third-order valence-corrected chi connectivity index (χ3v) is 3.15. The second kappa shape index (κ2) is 8.17. The van der Waals surface area contributed by atoms with E-state index in [1.807, 2.05) is 50.2 Å². The molecule has 5 nitrogen and oxygen atoms in total. The Morgan fingerprint density at radius 3 is 2.52 bits per heavy atom. The van der Waals surface area contributed by atoms with Crippen LogP contribution in [0, 0.1) is 5.92 Å². The first-order valence-electron chi connectivity index (χ1n) is 7.58. The van der Waals surface area contributed by atoms with Crippen LogP contribution in [0.25, 0.3) is 10.8 Å². The zero-order valence-corrected chi connectivity index (χ0v) is 13.4. The smallest absolute Gasteiger partial charge is 0.344 e. The number of ether oxygens (including phenoxy) is 2. The maximum Gasteiger partial charge on any atom is 0.344 e. The van der Waals surface area contributed by atoms with Gasteiger partial charge >= 0.3 is 5.97 Å². The van der Waals surface area contributed by atoms with Crippen molar-refractivity contribution in [2.24, 2.45) is 5.92 Å². The predicted octanol–water partition coefficient (Wildman–Crippen LogP) is 2.53. The van der Waals surface area contributed by atoms with E-state index in [2.05, 4.69) is 5.32 Å². The Bertz CT molecular complexity index is 682. The van der Waals surface area contributed by atoms with Gasteiger partial charge in [-0.2, -0.15) is 0 Å². The lowest BCUT2D eigenvalue weighted by Gasteiger charge is -2.09. The van der Waals surface area contributed by atoms with E-state index >= 15 is 0 Å². The number of rotatable bonds is 7. The minimum Gasteiger partial charge on any atom is -0.482 e. The molecule has 0 spiro atoms. The first-order chi connectivity index (χ1) is 11.0. The molecule has 1 N–H and O–H groups in total. The largest absolute Gasteiger partial charge is 0.482 e. The Morgan fingerprint density at radius 1 is 1.04 bits per heavy atom. The van der Waals surface area contributed by atoms with Crippen LogP contribution in [0.15, 0.2) is 42.5 Å². The third kappa shape index (κ3) is 5.62. The molecule has 0 radical (unpaired) electrons. The highest BCUT2D eigenvalue weighted by Gasteiger charge is 2.09. The van der Waals surface area contributed by atoms with Crippen LogP contribution in [0.4, 0.5) is 0 Å². The summed E-state index contributed by atoms with van der Waals surface area (Å²) in [5.41, 5.74) is 0. The summed E-state index contributed by atoms with van der Waals surface area (Å²) in [6.07, 6.45) is 0. The van der Waals surface area contributed by atoms with Crippen molar-refractivity contribution >= 4 is 22.6 Å². The van der Waals surface area contributed by atoms with Gasteiger partial charge in [0, 0.05) is 6.54 Å². The standard InChI is InChI=1S/C18H21NO4/c1-13(2)10-19-17(20)11-23-18(21)12-22-16-8-7-14-5-3-4-6-15(14)9-16/h3-9,13H,10-12H2,1-2H3,(H,19,20). The minimum absolute atomic E-state index is 0.226. The molecular weight excluding hydrogens is 294 g/mol. The number of esters is 1. The first-order valence-corrected chi connectivity index (χ1v) is 7.58. The van der Waals surface area contributed by atoms with Crippen molar-refractivity contribution in [3.05, 3.63) is 42.5 Å². The van der Waals surface area contributed by atoms with Crippen LogP contribution in [0.2, 0.25) is 0 Å². The highest BCUT2D eigenvalue weighted by atomic mass is 16.6. The molecule has 0 heterocycles. The van der Waals surface area contributed by atoms with E-state index in [-0.39, 0.29) is 19.1 Å². The molecule has 0 aliphatic carbocycles. The fraction of sp³-hybridized carbons (Fsp3) is 0.333. The molecule has 0 saturated heterocycles. The lowest BCUT2D eigenvalue weighted by Crippen LogP contribution is -2.32. The molecule has 0 bridgehead atoms. The molecule has 0 atom stereocenters. The van der Waals surface area contributed by atoms with Crippen molar-refractivity contribution in [1.29, 1.82) is 0 Å². The molecule has 23 heavy (non-hydrogen) atoms. The van der Waals surface area contributed by atoms with Crippen molar-refractivity contribution in [1.82, 2.24) is 5.32 Å². The van der Waals surface area contributed by atoms with E-state index in [1.54, 1.807) is 6.07 Å². The van der Waals surface area contributed by atoms with Crippen molar-refractivity contribution in [3.8, 4) is 5.75 Å². The van der Waals surface area contributed by atoms with Gasteiger partial charge in [0.25, 0.3) is 5.91 Å². The highest BCUT2D eigenvalue weighted by molar-refractivity contribution is 5.84. The average Bonchev–Trinajstić information content (AvgIpc) is 2.56. The van der Waals surface area contributed by atoms with Crippen molar-refractivity contribution < 1.29 is 19.1 Å². The van der Waals surface area contributed by atoms with Gasteiger partial charge in [0.1, 0.15) is 5.75 Å². The normalized spacial score (nSPS) is 10.6.